The molecule has 1 N–H and O–H groups in total. The molecule has 0 aliphatic heterocycles. The summed E-state index contributed by atoms with van der Waals surface area (Å²) < 4.78 is 30.2. The molecule has 5 nitrogen and oxygen atoms in total. The second-order valence-electron chi connectivity index (χ2n) is 2.67. The minimum absolute atomic E-state index is 0.0386. The summed E-state index contributed by atoms with van der Waals surface area (Å²) in [6.45, 7) is 0. The third kappa shape index (κ3) is 5.75. The average molecular weight is 280 g/mol. The summed E-state index contributed by atoms with van der Waals surface area (Å²) in [6, 6.07) is 9.33. The standard InChI is InChI=1S/C8H10O5P2S/c9-14-12-6-15(10,11)13-7-16-8-4-2-1-3-5-8/h1-5H,6-7H2,(H,10,11). The first-order valence-electron chi connectivity index (χ1n) is 4.23. The monoisotopic (exact) mass is 280 g/mol. The van der Waals surface area contributed by atoms with Crippen LogP contribution in [-0.2, 0) is 18.2 Å². The maximum atomic E-state index is 11.2. The molecule has 0 saturated carbocycles. The number of rotatable bonds is 7. The maximum Gasteiger partial charge on any atom is 0.355 e. The van der Waals surface area contributed by atoms with Crippen LogP contribution < -0.4 is 0 Å². The van der Waals surface area contributed by atoms with Crippen molar-refractivity contribution in [1.29, 1.82) is 0 Å². The van der Waals surface area contributed by atoms with Gasteiger partial charge >= 0.3 is 16.3 Å². The SMILES string of the molecule is O=POCP(=O)(O)OCSc1ccccc1. The Balaban J connectivity index is 2.30. The van der Waals surface area contributed by atoms with E-state index in [0.717, 1.165) is 4.90 Å². The molecule has 0 radical (unpaired) electrons. The van der Waals surface area contributed by atoms with E-state index in [1.165, 1.54) is 11.8 Å². The van der Waals surface area contributed by atoms with E-state index in [4.69, 9.17) is 4.52 Å². The highest BCUT2D eigenvalue weighted by Gasteiger charge is 2.19. The molecule has 1 unspecified atom stereocenters. The Morgan fingerprint density at radius 1 is 1.38 bits per heavy atom. The molecule has 0 bridgehead atoms. The second kappa shape index (κ2) is 7.17. The molecule has 0 fully saturated rings. The van der Waals surface area contributed by atoms with Crippen molar-refractivity contribution in [3.05, 3.63) is 30.3 Å². The highest BCUT2D eigenvalue weighted by molar-refractivity contribution is 7.99. The van der Waals surface area contributed by atoms with Crippen molar-refractivity contribution in [2.24, 2.45) is 0 Å². The van der Waals surface area contributed by atoms with Gasteiger partial charge in [-0.15, -0.1) is 0 Å². The Bertz CT molecular complexity index is 372. The van der Waals surface area contributed by atoms with Gasteiger partial charge in [0.1, 0.15) is 5.94 Å². The summed E-state index contributed by atoms with van der Waals surface area (Å²) in [4.78, 5) is 10.1. The fraction of sp³-hybridized carbons (Fsp3) is 0.250. The number of benzene rings is 1. The zero-order chi connectivity index (χ0) is 11.9. The molecule has 1 aromatic rings. The predicted octanol–water partition coefficient (Wildman–Crippen LogP) is 3.12. The molecular weight excluding hydrogens is 270 g/mol. The third-order valence-corrected chi connectivity index (χ3v) is 3.94. The Morgan fingerprint density at radius 2 is 2.06 bits per heavy atom. The van der Waals surface area contributed by atoms with Gasteiger partial charge in [-0.25, -0.2) is 4.57 Å². The van der Waals surface area contributed by atoms with Gasteiger partial charge in [0, 0.05) is 4.90 Å². The van der Waals surface area contributed by atoms with Gasteiger partial charge in [0.15, 0.2) is 6.35 Å². The fourth-order valence-electron chi connectivity index (χ4n) is 0.827. The van der Waals surface area contributed by atoms with E-state index >= 15 is 0 Å². The van der Waals surface area contributed by atoms with Crippen LogP contribution in [0.2, 0.25) is 0 Å². The average Bonchev–Trinajstić information content (AvgIpc) is 2.28. The van der Waals surface area contributed by atoms with Gasteiger partial charge in [-0.05, 0) is 12.1 Å². The molecule has 0 aliphatic rings. The number of hydrogen-bond acceptors (Lipinski definition) is 5. The lowest BCUT2D eigenvalue weighted by Crippen LogP contribution is -1.94. The van der Waals surface area contributed by atoms with Crippen LogP contribution in [0.4, 0.5) is 0 Å². The van der Waals surface area contributed by atoms with E-state index in [0.29, 0.717) is 0 Å². The van der Waals surface area contributed by atoms with Gasteiger partial charge in [-0.1, -0.05) is 30.0 Å². The molecule has 88 valence electrons. The minimum atomic E-state index is -3.80. The second-order valence-corrected chi connectivity index (χ2v) is 5.87. The molecule has 8 heteroatoms. The maximum absolute atomic E-state index is 11.2. The van der Waals surface area contributed by atoms with Gasteiger partial charge in [0.2, 0.25) is 0 Å². The molecule has 1 aromatic carbocycles. The van der Waals surface area contributed by atoms with Gasteiger partial charge < -0.3 is 4.89 Å². The molecule has 16 heavy (non-hydrogen) atoms. The summed E-state index contributed by atoms with van der Waals surface area (Å²) in [7, 11) is -4.43. The molecule has 1 atom stereocenters. The quantitative estimate of drug-likeness (QED) is 0.470. The van der Waals surface area contributed by atoms with E-state index in [-0.39, 0.29) is 5.94 Å². The van der Waals surface area contributed by atoms with Gasteiger partial charge in [0.05, 0.1) is 0 Å². The summed E-state index contributed by atoms with van der Waals surface area (Å²) in [5, 5.41) is 0. The summed E-state index contributed by atoms with van der Waals surface area (Å²) in [5.41, 5.74) is 0. The lowest BCUT2D eigenvalue weighted by molar-refractivity contribution is 0.268. The van der Waals surface area contributed by atoms with Crippen molar-refractivity contribution < 1.29 is 23.1 Å². The number of thioether (sulfide) groups is 1. The van der Waals surface area contributed by atoms with Crippen LogP contribution in [0.25, 0.3) is 0 Å². The van der Waals surface area contributed by atoms with Crippen molar-refractivity contribution in [2.75, 3.05) is 12.3 Å². The van der Waals surface area contributed by atoms with Gasteiger partial charge in [0.25, 0.3) is 0 Å². The fourth-order valence-corrected chi connectivity index (χ4v) is 3.03. The Hall–Kier alpha value is -0.220. The first-order chi connectivity index (χ1) is 7.64. The van der Waals surface area contributed by atoms with E-state index < -0.39 is 22.6 Å². The van der Waals surface area contributed by atoms with Crippen molar-refractivity contribution in [2.45, 2.75) is 4.90 Å². The van der Waals surface area contributed by atoms with Crippen molar-refractivity contribution in [3.8, 4) is 0 Å². The largest absolute Gasteiger partial charge is 0.355 e. The molecule has 0 heterocycles. The minimum Gasteiger partial charge on any atom is -0.323 e. The molecule has 0 amide bonds. The first-order valence-corrected chi connectivity index (χ1v) is 7.71. The van der Waals surface area contributed by atoms with Crippen LogP contribution in [0.1, 0.15) is 0 Å². The smallest absolute Gasteiger partial charge is 0.323 e. The molecule has 0 aromatic heterocycles. The molecular formula is C8H10O5P2S. The van der Waals surface area contributed by atoms with Crippen molar-refractivity contribution in [3.63, 3.8) is 0 Å². The van der Waals surface area contributed by atoms with Crippen molar-refractivity contribution >= 4 is 28.0 Å². The first kappa shape index (κ1) is 13.8. The van der Waals surface area contributed by atoms with Gasteiger partial charge in [-0.3, -0.25) is 13.6 Å². The predicted molar refractivity (Wildman–Crippen MR) is 61.6 cm³/mol. The Morgan fingerprint density at radius 3 is 2.69 bits per heavy atom. The van der Waals surface area contributed by atoms with E-state index in [1.54, 1.807) is 0 Å². The van der Waals surface area contributed by atoms with E-state index in [9.17, 15) is 14.0 Å². The normalized spacial score (nSPS) is 14.8. The van der Waals surface area contributed by atoms with Gasteiger partial charge in [-0.2, -0.15) is 0 Å². The van der Waals surface area contributed by atoms with Crippen LogP contribution in [0, 0.1) is 0 Å². The van der Waals surface area contributed by atoms with E-state index in [2.05, 4.69) is 4.52 Å². The Labute approximate surface area is 99.0 Å². The lowest BCUT2D eigenvalue weighted by Gasteiger charge is -2.09. The van der Waals surface area contributed by atoms with Crippen molar-refractivity contribution in [1.82, 2.24) is 0 Å². The highest BCUT2D eigenvalue weighted by atomic mass is 32.2. The van der Waals surface area contributed by atoms with E-state index in [1.807, 2.05) is 30.3 Å². The third-order valence-electron chi connectivity index (χ3n) is 1.50. The summed E-state index contributed by atoms with van der Waals surface area (Å²) in [5.74, 6) is 0.0386. The Kier molecular flexibility index (Phi) is 6.21. The summed E-state index contributed by atoms with van der Waals surface area (Å²) in [6.07, 6.45) is -0.576. The zero-order valence-electron chi connectivity index (χ0n) is 8.18. The van der Waals surface area contributed by atoms with Crippen LogP contribution >= 0.6 is 28.0 Å². The van der Waals surface area contributed by atoms with Crippen LogP contribution in [0.5, 0.6) is 0 Å². The molecule has 0 saturated heterocycles. The molecule has 0 aliphatic carbocycles. The zero-order valence-corrected chi connectivity index (χ0v) is 10.8. The van der Waals surface area contributed by atoms with Crippen LogP contribution in [0.15, 0.2) is 35.2 Å². The highest BCUT2D eigenvalue weighted by Crippen LogP contribution is 2.43. The topological polar surface area (TPSA) is 72.8 Å². The van der Waals surface area contributed by atoms with Crippen LogP contribution in [0.3, 0.4) is 0 Å². The number of hydrogen-bond donors (Lipinski definition) is 1. The lowest BCUT2D eigenvalue weighted by atomic mass is 10.4. The molecule has 0 spiro atoms. The summed E-state index contributed by atoms with van der Waals surface area (Å²) >= 11 is 1.29. The molecule has 1 rings (SSSR count). The van der Waals surface area contributed by atoms with Crippen LogP contribution in [-0.4, -0.2) is 17.2 Å².